The van der Waals surface area contributed by atoms with E-state index in [1.54, 1.807) is 0 Å². The summed E-state index contributed by atoms with van der Waals surface area (Å²) in [5.74, 6) is 1.78. The first kappa shape index (κ1) is 14.7. The molecule has 0 aliphatic heterocycles. The van der Waals surface area contributed by atoms with Crippen molar-refractivity contribution in [2.75, 3.05) is 0 Å². The zero-order valence-corrected chi connectivity index (χ0v) is 12.7. The van der Waals surface area contributed by atoms with Crippen molar-refractivity contribution in [1.82, 2.24) is 14.8 Å². The summed E-state index contributed by atoms with van der Waals surface area (Å²) in [7, 11) is 0. The highest BCUT2D eigenvalue weighted by Crippen LogP contribution is 2.21. The molecule has 0 spiro atoms. The number of nitrogens with zero attached hydrogens (tertiary/aromatic N) is 3. The number of aryl methyl sites for hydroxylation is 4. The van der Waals surface area contributed by atoms with Gasteiger partial charge in [-0.1, -0.05) is 37.6 Å². The largest absolute Gasteiger partial charge is 0.386 e. The molecule has 1 heterocycles. The van der Waals surface area contributed by atoms with Crippen LogP contribution in [0.5, 0.6) is 0 Å². The Labute approximate surface area is 120 Å². The number of aliphatic hydroxyl groups excluding tert-OH is 1. The van der Waals surface area contributed by atoms with Gasteiger partial charge in [-0.2, -0.15) is 5.10 Å². The fourth-order valence-electron chi connectivity index (χ4n) is 2.36. The molecule has 1 aromatic carbocycles. The topological polar surface area (TPSA) is 50.9 Å². The van der Waals surface area contributed by atoms with Crippen LogP contribution >= 0.6 is 0 Å². The fourth-order valence-corrected chi connectivity index (χ4v) is 2.36. The number of aliphatic hydroxyl groups is 1. The molecule has 1 N–H and O–H groups in total. The highest BCUT2D eigenvalue weighted by atomic mass is 16.3. The Morgan fingerprint density at radius 2 is 1.95 bits per heavy atom. The third kappa shape index (κ3) is 3.07. The highest BCUT2D eigenvalue weighted by molar-refractivity contribution is 5.32. The molecule has 0 bridgehead atoms. The van der Waals surface area contributed by atoms with E-state index in [9.17, 15) is 5.11 Å². The molecule has 0 aliphatic carbocycles. The minimum atomic E-state index is -0.549. The molecule has 1 unspecified atom stereocenters. The van der Waals surface area contributed by atoms with Crippen molar-refractivity contribution < 1.29 is 5.11 Å². The average molecular weight is 273 g/mol. The van der Waals surface area contributed by atoms with Gasteiger partial charge in [-0.25, -0.2) is 9.67 Å². The summed E-state index contributed by atoms with van der Waals surface area (Å²) in [5.41, 5.74) is 3.24. The summed E-state index contributed by atoms with van der Waals surface area (Å²) in [5, 5.41) is 15.0. The molecule has 20 heavy (non-hydrogen) atoms. The number of hydrogen-bond acceptors (Lipinski definition) is 3. The van der Waals surface area contributed by atoms with Gasteiger partial charge in [-0.3, -0.25) is 0 Å². The zero-order chi connectivity index (χ0) is 14.7. The molecule has 1 aromatic heterocycles. The van der Waals surface area contributed by atoms with Crippen LogP contribution in [0.15, 0.2) is 18.2 Å². The maximum Gasteiger partial charge on any atom is 0.150 e. The Morgan fingerprint density at radius 3 is 2.60 bits per heavy atom. The van der Waals surface area contributed by atoms with Crippen molar-refractivity contribution in [3.05, 3.63) is 46.5 Å². The van der Waals surface area contributed by atoms with E-state index in [1.165, 1.54) is 0 Å². The number of rotatable bonds is 5. The third-order valence-electron chi connectivity index (χ3n) is 3.56. The van der Waals surface area contributed by atoms with E-state index in [-0.39, 0.29) is 0 Å². The van der Waals surface area contributed by atoms with Crippen LogP contribution in [0.1, 0.15) is 48.3 Å². The lowest BCUT2D eigenvalue weighted by Gasteiger charge is -2.15. The van der Waals surface area contributed by atoms with Crippen molar-refractivity contribution in [3.8, 4) is 0 Å². The summed E-state index contributed by atoms with van der Waals surface area (Å²) in [6, 6.07) is 6.16. The van der Waals surface area contributed by atoms with Crippen LogP contribution in [0.25, 0.3) is 0 Å². The maximum atomic E-state index is 10.5. The second-order valence-corrected chi connectivity index (χ2v) is 5.21. The van der Waals surface area contributed by atoms with E-state index in [1.807, 2.05) is 37.6 Å². The summed E-state index contributed by atoms with van der Waals surface area (Å²) in [6.07, 6.45) is 1.10. The second-order valence-electron chi connectivity index (χ2n) is 5.21. The second kappa shape index (κ2) is 6.18. The summed E-state index contributed by atoms with van der Waals surface area (Å²) >= 11 is 0. The molecule has 0 amide bonds. The molecule has 0 aliphatic rings. The molecule has 2 rings (SSSR count). The van der Waals surface area contributed by atoms with Crippen LogP contribution in [-0.2, 0) is 19.4 Å². The van der Waals surface area contributed by atoms with Gasteiger partial charge >= 0.3 is 0 Å². The summed E-state index contributed by atoms with van der Waals surface area (Å²) in [4.78, 5) is 4.47. The van der Waals surface area contributed by atoms with Crippen molar-refractivity contribution in [2.45, 2.75) is 53.2 Å². The first-order chi connectivity index (χ1) is 9.55. The maximum absolute atomic E-state index is 10.5. The van der Waals surface area contributed by atoms with Crippen molar-refractivity contribution >= 4 is 0 Å². The lowest BCUT2D eigenvalue weighted by Crippen LogP contribution is -2.14. The van der Waals surface area contributed by atoms with Gasteiger partial charge in [0.05, 0.1) is 12.6 Å². The van der Waals surface area contributed by atoms with Gasteiger partial charge in [0.25, 0.3) is 0 Å². The Balaban J connectivity index is 2.24. The van der Waals surface area contributed by atoms with Crippen LogP contribution in [0, 0.1) is 13.8 Å². The normalized spacial score (nSPS) is 12.7. The van der Waals surface area contributed by atoms with E-state index in [4.69, 9.17) is 0 Å². The Hall–Kier alpha value is -1.68. The van der Waals surface area contributed by atoms with Gasteiger partial charge in [-0.15, -0.1) is 0 Å². The molecular weight excluding hydrogens is 250 g/mol. The predicted molar refractivity (Wildman–Crippen MR) is 79.7 cm³/mol. The molecular formula is C16H23N3O. The van der Waals surface area contributed by atoms with Crippen LogP contribution < -0.4 is 0 Å². The fraction of sp³-hybridized carbons (Fsp3) is 0.500. The molecule has 0 saturated carbocycles. The van der Waals surface area contributed by atoms with Crippen LogP contribution in [0.3, 0.4) is 0 Å². The number of hydrogen-bond donors (Lipinski definition) is 1. The van der Waals surface area contributed by atoms with Gasteiger partial charge in [0.2, 0.25) is 0 Å². The molecule has 1 atom stereocenters. The Bertz CT molecular complexity index is 589. The van der Waals surface area contributed by atoms with Gasteiger partial charge in [-0.05, 0) is 25.0 Å². The SMILES string of the molecule is CCc1nc(CC)n(CC(O)c2cc(C)ccc2C)n1. The molecule has 0 saturated heterocycles. The first-order valence-electron chi connectivity index (χ1n) is 7.23. The summed E-state index contributed by atoms with van der Waals surface area (Å²) in [6.45, 7) is 8.63. The molecule has 0 fully saturated rings. The molecule has 108 valence electrons. The van der Waals surface area contributed by atoms with E-state index >= 15 is 0 Å². The van der Waals surface area contributed by atoms with Crippen molar-refractivity contribution in [2.24, 2.45) is 0 Å². The van der Waals surface area contributed by atoms with Gasteiger partial charge < -0.3 is 5.11 Å². The van der Waals surface area contributed by atoms with Gasteiger partial charge in [0, 0.05) is 12.8 Å². The van der Waals surface area contributed by atoms with E-state index in [0.29, 0.717) is 6.54 Å². The van der Waals surface area contributed by atoms with Gasteiger partial charge in [0.1, 0.15) is 5.82 Å². The van der Waals surface area contributed by atoms with Crippen molar-refractivity contribution in [3.63, 3.8) is 0 Å². The first-order valence-corrected chi connectivity index (χ1v) is 7.23. The van der Waals surface area contributed by atoms with Crippen LogP contribution in [0.2, 0.25) is 0 Å². The van der Waals surface area contributed by atoms with Crippen LogP contribution in [0.4, 0.5) is 0 Å². The minimum absolute atomic E-state index is 0.459. The quantitative estimate of drug-likeness (QED) is 0.911. The lowest BCUT2D eigenvalue weighted by atomic mass is 10.0. The Morgan fingerprint density at radius 1 is 1.20 bits per heavy atom. The predicted octanol–water partition coefficient (Wildman–Crippen LogP) is 2.75. The molecule has 0 radical (unpaired) electrons. The van der Waals surface area contributed by atoms with E-state index < -0.39 is 6.10 Å². The average Bonchev–Trinajstić information content (AvgIpc) is 2.83. The van der Waals surface area contributed by atoms with E-state index in [0.717, 1.165) is 41.2 Å². The standard InChI is InChI=1S/C16H23N3O/c1-5-15-17-16(6-2)19(18-15)10-14(20)13-9-11(3)7-8-12(13)4/h7-9,14,20H,5-6,10H2,1-4H3. The molecule has 4 heteroatoms. The zero-order valence-electron chi connectivity index (χ0n) is 12.7. The van der Waals surface area contributed by atoms with Crippen molar-refractivity contribution in [1.29, 1.82) is 0 Å². The highest BCUT2D eigenvalue weighted by Gasteiger charge is 2.15. The monoisotopic (exact) mass is 273 g/mol. The summed E-state index contributed by atoms with van der Waals surface area (Å²) < 4.78 is 1.84. The minimum Gasteiger partial charge on any atom is -0.386 e. The number of aromatic nitrogens is 3. The van der Waals surface area contributed by atoms with E-state index in [2.05, 4.69) is 23.1 Å². The van der Waals surface area contributed by atoms with Gasteiger partial charge in [0.15, 0.2) is 5.82 Å². The molecule has 2 aromatic rings. The molecule has 4 nitrogen and oxygen atoms in total. The smallest absolute Gasteiger partial charge is 0.150 e. The Kier molecular flexibility index (Phi) is 4.55. The third-order valence-corrected chi connectivity index (χ3v) is 3.56. The van der Waals surface area contributed by atoms with Crippen LogP contribution in [-0.4, -0.2) is 19.9 Å². The lowest BCUT2D eigenvalue weighted by molar-refractivity contribution is 0.149. The number of benzene rings is 1.